The van der Waals surface area contributed by atoms with Crippen LogP contribution in [-0.2, 0) is 6.42 Å². The van der Waals surface area contributed by atoms with Crippen molar-refractivity contribution in [2.45, 2.75) is 26.2 Å². The van der Waals surface area contributed by atoms with E-state index in [1.54, 1.807) is 18.6 Å². The lowest BCUT2D eigenvalue weighted by atomic mass is 9.94. The molecule has 134 valence electrons. The molecule has 0 spiro atoms. The van der Waals surface area contributed by atoms with E-state index in [4.69, 9.17) is 4.52 Å². The lowest BCUT2D eigenvalue weighted by Crippen LogP contribution is -2.40. The second kappa shape index (κ2) is 7.28. The minimum absolute atomic E-state index is 0.00447. The summed E-state index contributed by atoms with van der Waals surface area (Å²) < 4.78 is 5.36. The number of aryl methyl sites for hydroxylation is 1. The summed E-state index contributed by atoms with van der Waals surface area (Å²) >= 11 is 1.50. The van der Waals surface area contributed by atoms with Crippen molar-refractivity contribution in [1.82, 2.24) is 30.0 Å². The molecule has 1 atom stereocenters. The Bertz CT molecular complexity index is 894. The molecule has 1 aliphatic heterocycles. The highest BCUT2D eigenvalue weighted by atomic mass is 32.1. The van der Waals surface area contributed by atoms with Crippen molar-refractivity contribution in [3.05, 3.63) is 40.6 Å². The molecule has 9 heteroatoms. The minimum atomic E-state index is 0.00447. The van der Waals surface area contributed by atoms with E-state index in [0.717, 1.165) is 24.4 Å². The van der Waals surface area contributed by atoms with Crippen molar-refractivity contribution in [1.29, 1.82) is 0 Å². The topological polar surface area (TPSA) is 97.9 Å². The summed E-state index contributed by atoms with van der Waals surface area (Å²) in [5, 5.41) is 6.71. The van der Waals surface area contributed by atoms with Crippen molar-refractivity contribution in [3.8, 4) is 11.5 Å². The summed E-state index contributed by atoms with van der Waals surface area (Å²) in [5.74, 6) is 1.30. The second-order valence-corrected chi connectivity index (χ2v) is 7.38. The maximum absolute atomic E-state index is 12.6. The van der Waals surface area contributed by atoms with Crippen LogP contribution >= 0.6 is 11.3 Å². The summed E-state index contributed by atoms with van der Waals surface area (Å²) in [6, 6.07) is 0. The fraction of sp³-hybridized carbons (Fsp3) is 0.412. The molecule has 1 aliphatic rings. The van der Waals surface area contributed by atoms with Crippen LogP contribution in [0.5, 0.6) is 0 Å². The number of hydrogen-bond donors (Lipinski definition) is 0. The molecule has 4 rings (SSSR count). The zero-order valence-corrected chi connectivity index (χ0v) is 15.1. The highest BCUT2D eigenvalue weighted by molar-refractivity contribution is 7.09. The maximum atomic E-state index is 12.6. The number of amides is 1. The third-order valence-corrected chi connectivity index (χ3v) is 5.14. The molecular weight excluding hydrogens is 352 g/mol. The van der Waals surface area contributed by atoms with Crippen LogP contribution in [0.2, 0.25) is 0 Å². The number of hydrogen-bond acceptors (Lipinski definition) is 8. The molecule has 8 nitrogen and oxygen atoms in total. The van der Waals surface area contributed by atoms with Crippen LogP contribution in [0.25, 0.3) is 11.5 Å². The third kappa shape index (κ3) is 3.62. The first-order valence-corrected chi connectivity index (χ1v) is 9.37. The Kier molecular flexibility index (Phi) is 4.70. The van der Waals surface area contributed by atoms with Gasteiger partial charge in [-0.3, -0.25) is 9.78 Å². The number of carbonyl (C=O) groups excluding carboxylic acids is 1. The molecule has 26 heavy (non-hydrogen) atoms. The average Bonchev–Trinajstić information content (AvgIpc) is 3.31. The van der Waals surface area contributed by atoms with E-state index in [9.17, 15) is 4.79 Å². The van der Waals surface area contributed by atoms with Gasteiger partial charge in [-0.1, -0.05) is 5.16 Å². The van der Waals surface area contributed by atoms with Crippen LogP contribution < -0.4 is 0 Å². The van der Waals surface area contributed by atoms with Crippen molar-refractivity contribution >= 4 is 17.2 Å². The van der Waals surface area contributed by atoms with Crippen LogP contribution in [0.4, 0.5) is 0 Å². The molecular formula is C17H18N6O2S. The molecule has 3 aromatic heterocycles. The second-order valence-electron chi connectivity index (χ2n) is 6.32. The van der Waals surface area contributed by atoms with E-state index < -0.39 is 0 Å². The van der Waals surface area contributed by atoms with Gasteiger partial charge in [0, 0.05) is 37.3 Å². The van der Waals surface area contributed by atoms with Crippen LogP contribution in [0.15, 0.2) is 28.5 Å². The fourth-order valence-electron chi connectivity index (χ4n) is 3.14. The summed E-state index contributed by atoms with van der Waals surface area (Å²) in [7, 11) is 0. The standard InChI is InChI=1S/C17H18N6O2S/c1-11-20-14(10-26-11)17(24)23-6-2-3-12(9-23)7-15-21-16(22-25-15)13-8-18-4-5-19-13/h4-5,8,10,12H,2-3,6-7,9H2,1H3/t12-/m1/s1. The number of rotatable bonds is 4. The molecule has 3 aromatic rings. The number of aromatic nitrogens is 5. The highest BCUT2D eigenvalue weighted by Gasteiger charge is 2.27. The molecule has 0 saturated carbocycles. The number of carbonyl (C=O) groups is 1. The zero-order valence-electron chi connectivity index (χ0n) is 14.3. The lowest BCUT2D eigenvalue weighted by Gasteiger charge is -2.31. The Balaban J connectivity index is 1.41. The number of piperidine rings is 1. The Labute approximate surface area is 154 Å². The number of nitrogens with zero attached hydrogens (tertiary/aromatic N) is 6. The average molecular weight is 370 g/mol. The van der Waals surface area contributed by atoms with Gasteiger partial charge in [0.15, 0.2) is 0 Å². The van der Waals surface area contributed by atoms with Crippen molar-refractivity contribution in [3.63, 3.8) is 0 Å². The van der Waals surface area contributed by atoms with E-state index in [2.05, 4.69) is 25.1 Å². The van der Waals surface area contributed by atoms with Gasteiger partial charge >= 0.3 is 0 Å². The molecule has 1 fully saturated rings. The van der Waals surface area contributed by atoms with Gasteiger partial charge in [-0.25, -0.2) is 9.97 Å². The number of thiazole rings is 1. The molecule has 0 bridgehead atoms. The highest BCUT2D eigenvalue weighted by Crippen LogP contribution is 2.23. The molecule has 0 aliphatic carbocycles. The van der Waals surface area contributed by atoms with Gasteiger partial charge in [0.05, 0.1) is 11.2 Å². The van der Waals surface area contributed by atoms with Crippen molar-refractivity contribution in [2.24, 2.45) is 5.92 Å². The van der Waals surface area contributed by atoms with Gasteiger partial charge in [-0.2, -0.15) is 4.98 Å². The van der Waals surface area contributed by atoms with Crippen LogP contribution in [0.3, 0.4) is 0 Å². The van der Waals surface area contributed by atoms with Gasteiger partial charge in [0.2, 0.25) is 11.7 Å². The van der Waals surface area contributed by atoms with Gasteiger partial charge in [0.1, 0.15) is 11.4 Å². The Hall–Kier alpha value is -2.68. The Morgan fingerprint density at radius 1 is 1.38 bits per heavy atom. The Morgan fingerprint density at radius 2 is 2.31 bits per heavy atom. The molecule has 0 radical (unpaired) electrons. The van der Waals surface area contributed by atoms with Gasteiger partial charge in [-0.15, -0.1) is 11.3 Å². The maximum Gasteiger partial charge on any atom is 0.273 e. The van der Waals surface area contributed by atoms with E-state index in [-0.39, 0.29) is 5.91 Å². The number of likely N-dealkylation sites (tertiary alicyclic amines) is 1. The van der Waals surface area contributed by atoms with Gasteiger partial charge < -0.3 is 9.42 Å². The first-order valence-electron chi connectivity index (χ1n) is 8.49. The molecule has 0 aromatic carbocycles. The van der Waals surface area contributed by atoms with Crippen LogP contribution in [0, 0.1) is 12.8 Å². The van der Waals surface area contributed by atoms with E-state index in [1.807, 2.05) is 17.2 Å². The monoisotopic (exact) mass is 370 g/mol. The van der Waals surface area contributed by atoms with Crippen LogP contribution in [-0.4, -0.2) is 49.0 Å². The lowest BCUT2D eigenvalue weighted by molar-refractivity contribution is 0.0663. The molecule has 0 unspecified atom stereocenters. The van der Waals surface area contributed by atoms with Crippen molar-refractivity contribution in [2.75, 3.05) is 13.1 Å². The third-order valence-electron chi connectivity index (χ3n) is 4.37. The first-order chi connectivity index (χ1) is 12.7. The fourth-order valence-corrected chi connectivity index (χ4v) is 3.73. The first kappa shape index (κ1) is 16.8. The normalized spacial score (nSPS) is 17.4. The molecule has 1 amide bonds. The van der Waals surface area contributed by atoms with Gasteiger partial charge in [0.25, 0.3) is 5.91 Å². The summed E-state index contributed by atoms with van der Waals surface area (Å²) in [6.45, 7) is 3.35. The molecule has 4 heterocycles. The summed E-state index contributed by atoms with van der Waals surface area (Å²) in [4.78, 5) is 31.4. The summed E-state index contributed by atoms with van der Waals surface area (Å²) in [6.07, 6.45) is 7.43. The van der Waals surface area contributed by atoms with Crippen LogP contribution in [0.1, 0.15) is 34.2 Å². The van der Waals surface area contributed by atoms with Gasteiger partial charge in [-0.05, 0) is 25.7 Å². The zero-order chi connectivity index (χ0) is 17.9. The summed E-state index contributed by atoms with van der Waals surface area (Å²) in [5.41, 5.74) is 1.12. The smallest absolute Gasteiger partial charge is 0.273 e. The SMILES string of the molecule is Cc1nc(C(=O)N2CCC[C@H](Cc3nc(-c4cnccn4)no3)C2)cs1. The largest absolute Gasteiger partial charge is 0.339 e. The predicted molar refractivity (Wildman–Crippen MR) is 94.5 cm³/mol. The van der Waals surface area contributed by atoms with Crippen molar-refractivity contribution < 1.29 is 9.32 Å². The minimum Gasteiger partial charge on any atom is -0.339 e. The molecule has 0 N–H and O–H groups in total. The predicted octanol–water partition coefficient (Wildman–Crippen LogP) is 2.39. The van der Waals surface area contributed by atoms with E-state index >= 15 is 0 Å². The molecule has 1 saturated heterocycles. The Morgan fingerprint density at radius 3 is 3.08 bits per heavy atom. The van der Waals surface area contributed by atoms with E-state index in [0.29, 0.717) is 42.0 Å². The van der Waals surface area contributed by atoms with E-state index in [1.165, 1.54) is 11.3 Å². The quantitative estimate of drug-likeness (QED) is 0.695.